The van der Waals surface area contributed by atoms with Crippen LogP contribution in [-0.4, -0.2) is 51.3 Å². The average molecular weight is 391 g/mol. The maximum atomic E-state index is 11.7. The van der Waals surface area contributed by atoms with E-state index >= 15 is 0 Å². The van der Waals surface area contributed by atoms with Gasteiger partial charge in [0, 0.05) is 32.6 Å². The summed E-state index contributed by atoms with van der Waals surface area (Å²) in [5.41, 5.74) is 1.17. The van der Waals surface area contributed by atoms with Crippen molar-refractivity contribution < 1.29 is 14.3 Å². The molecule has 0 atom stereocenters. The Balaban J connectivity index is 1.68. The summed E-state index contributed by atoms with van der Waals surface area (Å²) in [5, 5.41) is 9.56. The highest BCUT2D eigenvalue weighted by atomic mass is 16.5. The van der Waals surface area contributed by atoms with Gasteiger partial charge >= 0.3 is 0 Å². The second kappa shape index (κ2) is 12.1. The van der Waals surface area contributed by atoms with Crippen LogP contribution in [0.5, 0.6) is 11.5 Å². The fourth-order valence-electron chi connectivity index (χ4n) is 2.78. The van der Waals surface area contributed by atoms with Crippen LogP contribution < -0.4 is 25.4 Å². The van der Waals surface area contributed by atoms with Gasteiger partial charge in [0.1, 0.15) is 0 Å². The first-order valence-corrected chi connectivity index (χ1v) is 10.3. The minimum absolute atomic E-state index is 0.146. The number of aliphatic imine (C=N–C) groups is 1. The molecule has 0 radical (unpaired) electrons. The minimum atomic E-state index is 0.146. The van der Waals surface area contributed by atoms with Crippen LogP contribution in [0, 0.1) is 0 Å². The standard InChI is InChI=1S/C21H34N4O3/c1-4-27-18-11-8-16(15-19(18)28-5-2)12-14-24-21(22-3)23-13-6-7-20(26)25-17-9-10-17/h8,11,15,17H,4-7,9-10,12-14H2,1-3H3,(H,25,26)(H2,22,23,24). The molecule has 1 saturated carbocycles. The van der Waals surface area contributed by atoms with Crippen molar-refractivity contribution in [2.75, 3.05) is 33.4 Å². The van der Waals surface area contributed by atoms with E-state index in [1.165, 1.54) is 5.56 Å². The van der Waals surface area contributed by atoms with Crippen molar-refractivity contribution in [1.29, 1.82) is 0 Å². The van der Waals surface area contributed by atoms with Gasteiger partial charge < -0.3 is 25.4 Å². The first-order valence-electron chi connectivity index (χ1n) is 10.3. The van der Waals surface area contributed by atoms with Crippen LogP contribution in [0.15, 0.2) is 23.2 Å². The molecule has 28 heavy (non-hydrogen) atoms. The van der Waals surface area contributed by atoms with Crippen molar-refractivity contribution >= 4 is 11.9 Å². The van der Waals surface area contributed by atoms with Gasteiger partial charge in [0.15, 0.2) is 17.5 Å². The van der Waals surface area contributed by atoms with Crippen LogP contribution in [0.1, 0.15) is 45.1 Å². The normalized spacial score (nSPS) is 13.8. The van der Waals surface area contributed by atoms with E-state index in [1.54, 1.807) is 7.05 Å². The molecule has 1 aromatic carbocycles. The van der Waals surface area contributed by atoms with Crippen molar-refractivity contribution in [2.45, 2.75) is 52.0 Å². The third-order valence-electron chi connectivity index (χ3n) is 4.35. The molecule has 1 aliphatic rings. The van der Waals surface area contributed by atoms with E-state index in [9.17, 15) is 4.79 Å². The Kier molecular flexibility index (Phi) is 9.45. The van der Waals surface area contributed by atoms with Crippen molar-refractivity contribution in [3.8, 4) is 11.5 Å². The fraction of sp³-hybridized carbons (Fsp3) is 0.619. The minimum Gasteiger partial charge on any atom is -0.490 e. The number of guanidine groups is 1. The van der Waals surface area contributed by atoms with Gasteiger partial charge in [-0.2, -0.15) is 0 Å². The number of hydrogen-bond donors (Lipinski definition) is 3. The number of amides is 1. The van der Waals surface area contributed by atoms with E-state index in [4.69, 9.17) is 9.47 Å². The van der Waals surface area contributed by atoms with E-state index in [0.29, 0.717) is 25.7 Å². The van der Waals surface area contributed by atoms with Crippen molar-refractivity contribution in [3.05, 3.63) is 23.8 Å². The summed E-state index contributed by atoms with van der Waals surface area (Å²) in [4.78, 5) is 15.9. The quantitative estimate of drug-likeness (QED) is 0.290. The average Bonchev–Trinajstić information content (AvgIpc) is 3.50. The molecular weight excluding hydrogens is 356 g/mol. The molecule has 156 valence electrons. The second-order valence-electron chi connectivity index (χ2n) is 6.77. The van der Waals surface area contributed by atoms with Crippen LogP contribution in [0.3, 0.4) is 0 Å². The number of carbonyl (C=O) groups is 1. The summed E-state index contributed by atoms with van der Waals surface area (Å²) in [6, 6.07) is 6.49. The molecule has 0 bridgehead atoms. The van der Waals surface area contributed by atoms with Gasteiger partial charge in [0.2, 0.25) is 5.91 Å². The Hall–Kier alpha value is -2.44. The number of nitrogens with one attached hydrogen (secondary N) is 3. The third kappa shape index (κ3) is 8.06. The number of benzene rings is 1. The van der Waals surface area contributed by atoms with Gasteiger partial charge in [-0.25, -0.2) is 0 Å². The first kappa shape index (κ1) is 21.9. The number of rotatable bonds is 12. The molecule has 7 heteroatoms. The fourth-order valence-corrected chi connectivity index (χ4v) is 2.78. The predicted molar refractivity (Wildman–Crippen MR) is 112 cm³/mol. The summed E-state index contributed by atoms with van der Waals surface area (Å²) in [7, 11) is 1.75. The number of hydrogen-bond acceptors (Lipinski definition) is 4. The van der Waals surface area contributed by atoms with E-state index in [2.05, 4.69) is 27.0 Å². The zero-order chi connectivity index (χ0) is 20.2. The van der Waals surface area contributed by atoms with Gasteiger partial charge in [-0.3, -0.25) is 9.79 Å². The maximum absolute atomic E-state index is 11.7. The van der Waals surface area contributed by atoms with Crippen LogP contribution in [0.4, 0.5) is 0 Å². The van der Waals surface area contributed by atoms with Gasteiger partial charge in [-0.05, 0) is 57.2 Å². The second-order valence-corrected chi connectivity index (χ2v) is 6.77. The Labute approximate surface area is 168 Å². The smallest absolute Gasteiger partial charge is 0.220 e. The van der Waals surface area contributed by atoms with Crippen LogP contribution in [-0.2, 0) is 11.2 Å². The molecule has 1 fully saturated rings. The molecule has 0 aliphatic heterocycles. The summed E-state index contributed by atoms with van der Waals surface area (Å²) >= 11 is 0. The van der Waals surface area contributed by atoms with Gasteiger partial charge in [-0.1, -0.05) is 6.07 Å². The van der Waals surface area contributed by atoms with Gasteiger partial charge in [-0.15, -0.1) is 0 Å². The highest BCUT2D eigenvalue weighted by molar-refractivity contribution is 5.80. The molecule has 1 aromatic rings. The highest BCUT2D eigenvalue weighted by Crippen LogP contribution is 2.28. The summed E-state index contributed by atoms with van der Waals surface area (Å²) in [5.74, 6) is 2.46. The van der Waals surface area contributed by atoms with Crippen LogP contribution >= 0.6 is 0 Å². The third-order valence-corrected chi connectivity index (χ3v) is 4.35. The van der Waals surface area contributed by atoms with E-state index in [1.807, 2.05) is 26.0 Å². The Morgan fingerprint density at radius 1 is 1.11 bits per heavy atom. The Morgan fingerprint density at radius 2 is 1.82 bits per heavy atom. The Bertz CT molecular complexity index is 645. The lowest BCUT2D eigenvalue weighted by molar-refractivity contribution is -0.121. The first-order chi connectivity index (χ1) is 13.7. The van der Waals surface area contributed by atoms with E-state index in [-0.39, 0.29) is 5.91 Å². The lowest BCUT2D eigenvalue weighted by atomic mass is 10.1. The summed E-state index contributed by atoms with van der Waals surface area (Å²) in [6.07, 6.45) is 4.43. The molecule has 0 aromatic heterocycles. The van der Waals surface area contributed by atoms with Crippen molar-refractivity contribution in [2.24, 2.45) is 4.99 Å². The molecular formula is C21H34N4O3. The molecule has 0 saturated heterocycles. The Morgan fingerprint density at radius 3 is 2.50 bits per heavy atom. The maximum Gasteiger partial charge on any atom is 0.220 e. The molecule has 1 amide bonds. The summed E-state index contributed by atoms with van der Waals surface area (Å²) < 4.78 is 11.3. The predicted octanol–water partition coefficient (Wildman–Crippen LogP) is 2.25. The molecule has 1 aliphatic carbocycles. The number of ether oxygens (including phenoxy) is 2. The topological polar surface area (TPSA) is 84.0 Å². The van der Waals surface area contributed by atoms with E-state index < -0.39 is 0 Å². The van der Waals surface area contributed by atoms with E-state index in [0.717, 1.165) is 56.2 Å². The SMILES string of the molecule is CCOc1ccc(CCNC(=NC)NCCCC(=O)NC2CC2)cc1OCC. The van der Waals surface area contributed by atoms with Gasteiger partial charge in [0.25, 0.3) is 0 Å². The number of nitrogens with zero attached hydrogens (tertiary/aromatic N) is 1. The molecule has 3 N–H and O–H groups in total. The summed E-state index contributed by atoms with van der Waals surface area (Å²) in [6.45, 7) is 6.62. The zero-order valence-electron chi connectivity index (χ0n) is 17.3. The largest absolute Gasteiger partial charge is 0.490 e. The van der Waals surface area contributed by atoms with Gasteiger partial charge in [0.05, 0.1) is 13.2 Å². The lowest BCUT2D eigenvalue weighted by Crippen LogP contribution is -2.39. The molecule has 2 rings (SSSR count). The zero-order valence-corrected chi connectivity index (χ0v) is 17.3. The molecule has 0 spiro atoms. The van der Waals surface area contributed by atoms with Crippen molar-refractivity contribution in [3.63, 3.8) is 0 Å². The molecule has 0 unspecified atom stereocenters. The highest BCUT2D eigenvalue weighted by Gasteiger charge is 2.22. The number of carbonyl (C=O) groups excluding carboxylic acids is 1. The van der Waals surface area contributed by atoms with Crippen LogP contribution in [0.2, 0.25) is 0 Å². The monoisotopic (exact) mass is 390 g/mol. The molecule has 0 heterocycles. The van der Waals surface area contributed by atoms with Crippen LogP contribution in [0.25, 0.3) is 0 Å². The lowest BCUT2D eigenvalue weighted by Gasteiger charge is -2.14. The van der Waals surface area contributed by atoms with Crippen molar-refractivity contribution in [1.82, 2.24) is 16.0 Å². The molecule has 7 nitrogen and oxygen atoms in total.